The van der Waals surface area contributed by atoms with E-state index in [1.807, 2.05) is 42.3 Å². The van der Waals surface area contributed by atoms with Crippen LogP contribution in [0.15, 0.2) is 58.6 Å². The molecule has 4 rings (SSSR count). The predicted molar refractivity (Wildman–Crippen MR) is 99.9 cm³/mol. The second-order valence-corrected chi connectivity index (χ2v) is 7.29. The molecule has 1 aliphatic carbocycles. The highest BCUT2D eigenvalue weighted by Crippen LogP contribution is 2.37. The lowest BCUT2D eigenvalue weighted by Crippen LogP contribution is -2.13. The first-order chi connectivity index (χ1) is 12.2. The number of carbonyl (C=O) groups excluding carboxylic acids is 2. The summed E-state index contributed by atoms with van der Waals surface area (Å²) in [6.45, 7) is 0.433. The average Bonchev–Trinajstić information content (AvgIpc) is 3.39. The SMILES string of the molecule is O=C=C1CSC(Nc2ccc3ccccc3c2)=C1C(=O)OCC1CC1. The van der Waals surface area contributed by atoms with E-state index in [-0.39, 0.29) is 0 Å². The van der Waals surface area contributed by atoms with E-state index < -0.39 is 5.97 Å². The summed E-state index contributed by atoms with van der Waals surface area (Å²) in [5, 5.41) is 6.20. The summed E-state index contributed by atoms with van der Waals surface area (Å²) in [6, 6.07) is 14.1. The van der Waals surface area contributed by atoms with Gasteiger partial charge in [-0.2, -0.15) is 0 Å². The fourth-order valence-corrected chi connectivity index (χ4v) is 3.80. The van der Waals surface area contributed by atoms with Crippen molar-refractivity contribution in [3.63, 3.8) is 0 Å². The van der Waals surface area contributed by atoms with Gasteiger partial charge in [0.2, 0.25) is 0 Å². The van der Waals surface area contributed by atoms with Gasteiger partial charge in [-0.15, -0.1) is 11.8 Å². The van der Waals surface area contributed by atoms with E-state index in [4.69, 9.17) is 4.74 Å². The van der Waals surface area contributed by atoms with E-state index in [0.717, 1.165) is 29.3 Å². The lowest BCUT2D eigenvalue weighted by Gasteiger charge is -2.10. The van der Waals surface area contributed by atoms with Crippen molar-refractivity contribution in [2.75, 3.05) is 17.7 Å². The second-order valence-electron chi connectivity index (χ2n) is 6.30. The van der Waals surface area contributed by atoms with Crippen LogP contribution in [0.3, 0.4) is 0 Å². The number of anilines is 1. The van der Waals surface area contributed by atoms with Crippen molar-refractivity contribution in [1.82, 2.24) is 0 Å². The smallest absolute Gasteiger partial charge is 0.341 e. The molecule has 4 nitrogen and oxygen atoms in total. The first kappa shape index (κ1) is 16.0. The molecule has 126 valence electrons. The summed E-state index contributed by atoms with van der Waals surface area (Å²) in [6.07, 6.45) is 2.22. The van der Waals surface area contributed by atoms with E-state index in [1.54, 1.807) is 0 Å². The molecule has 0 spiro atoms. The Kier molecular flexibility index (Phi) is 4.35. The van der Waals surface area contributed by atoms with Gasteiger partial charge in [0, 0.05) is 11.4 Å². The molecule has 0 unspecified atom stereocenters. The normalized spacial score (nSPS) is 16.9. The van der Waals surface area contributed by atoms with E-state index in [9.17, 15) is 9.59 Å². The molecule has 2 aliphatic rings. The Morgan fingerprint density at radius 2 is 2.00 bits per heavy atom. The van der Waals surface area contributed by atoms with Gasteiger partial charge >= 0.3 is 5.97 Å². The summed E-state index contributed by atoms with van der Waals surface area (Å²) in [5.41, 5.74) is 1.57. The Labute approximate surface area is 149 Å². The molecule has 2 aromatic carbocycles. The highest BCUT2D eigenvalue weighted by molar-refractivity contribution is 8.03. The third kappa shape index (κ3) is 3.48. The number of esters is 1. The van der Waals surface area contributed by atoms with Gasteiger partial charge in [0.15, 0.2) is 0 Å². The highest BCUT2D eigenvalue weighted by Gasteiger charge is 2.31. The maximum atomic E-state index is 12.4. The van der Waals surface area contributed by atoms with Crippen molar-refractivity contribution in [1.29, 1.82) is 0 Å². The van der Waals surface area contributed by atoms with Crippen molar-refractivity contribution >= 4 is 40.1 Å². The number of ether oxygens (including phenoxy) is 1. The van der Waals surface area contributed by atoms with E-state index >= 15 is 0 Å². The number of thioether (sulfide) groups is 1. The van der Waals surface area contributed by atoms with Crippen molar-refractivity contribution in [2.24, 2.45) is 5.92 Å². The third-order valence-electron chi connectivity index (χ3n) is 4.37. The van der Waals surface area contributed by atoms with Crippen molar-refractivity contribution in [3.8, 4) is 0 Å². The molecule has 1 N–H and O–H groups in total. The number of fused-ring (bicyclic) bond motifs is 1. The van der Waals surface area contributed by atoms with Crippen LogP contribution in [0.25, 0.3) is 10.8 Å². The van der Waals surface area contributed by atoms with Gasteiger partial charge in [0.1, 0.15) is 11.5 Å². The zero-order valence-corrected chi connectivity index (χ0v) is 14.4. The fourth-order valence-electron chi connectivity index (χ4n) is 2.77. The molecule has 1 saturated carbocycles. The molecule has 0 atom stereocenters. The largest absolute Gasteiger partial charge is 0.462 e. The Hall–Kier alpha value is -2.49. The first-order valence-corrected chi connectivity index (χ1v) is 9.27. The van der Waals surface area contributed by atoms with Crippen LogP contribution in [0, 0.1) is 5.92 Å². The number of rotatable bonds is 5. The number of carbonyl (C=O) groups is 1. The lowest BCUT2D eigenvalue weighted by molar-refractivity contribution is -0.139. The summed E-state index contributed by atoms with van der Waals surface area (Å²) in [5.74, 6) is 2.38. The van der Waals surface area contributed by atoms with Crippen LogP contribution >= 0.6 is 11.8 Å². The van der Waals surface area contributed by atoms with Gasteiger partial charge in [-0.1, -0.05) is 30.3 Å². The number of benzene rings is 2. The Morgan fingerprint density at radius 3 is 2.76 bits per heavy atom. The molecule has 0 aromatic heterocycles. The third-order valence-corrected chi connectivity index (χ3v) is 5.40. The highest BCUT2D eigenvalue weighted by atomic mass is 32.2. The zero-order valence-electron chi connectivity index (χ0n) is 13.6. The molecule has 2 aromatic rings. The van der Waals surface area contributed by atoms with Crippen molar-refractivity contribution in [3.05, 3.63) is 58.6 Å². The quantitative estimate of drug-likeness (QED) is 0.654. The molecule has 25 heavy (non-hydrogen) atoms. The minimum absolute atomic E-state index is 0.328. The van der Waals surface area contributed by atoms with Gasteiger partial charge in [-0.3, -0.25) is 0 Å². The van der Waals surface area contributed by atoms with E-state index in [0.29, 0.717) is 34.5 Å². The van der Waals surface area contributed by atoms with Crippen LogP contribution in [0.1, 0.15) is 12.8 Å². The monoisotopic (exact) mass is 351 g/mol. The maximum absolute atomic E-state index is 12.4. The summed E-state index contributed by atoms with van der Waals surface area (Å²) >= 11 is 1.43. The van der Waals surface area contributed by atoms with E-state index in [2.05, 4.69) is 11.4 Å². The Bertz CT molecular complexity index is 923. The molecule has 0 radical (unpaired) electrons. The van der Waals surface area contributed by atoms with Crippen LogP contribution in [-0.4, -0.2) is 24.3 Å². The number of hydrogen-bond donors (Lipinski definition) is 1. The number of nitrogens with one attached hydrogen (secondary N) is 1. The zero-order chi connectivity index (χ0) is 17.2. The molecule has 1 aliphatic heterocycles. The van der Waals surface area contributed by atoms with Gasteiger partial charge < -0.3 is 10.1 Å². The molecule has 1 heterocycles. The molecular formula is C20H17NO3S. The van der Waals surface area contributed by atoms with Gasteiger partial charge in [0.25, 0.3) is 0 Å². The standard InChI is InChI=1S/C20H17NO3S/c22-10-16-12-25-19(18(16)20(23)24-11-13-5-6-13)21-17-8-7-14-3-1-2-4-15(14)9-17/h1-4,7-9,13,21H,5-6,11-12H2. The average molecular weight is 351 g/mol. The molecule has 5 heteroatoms. The Morgan fingerprint density at radius 1 is 1.20 bits per heavy atom. The summed E-state index contributed by atoms with van der Waals surface area (Å²) in [4.78, 5) is 23.6. The van der Waals surface area contributed by atoms with Crippen molar-refractivity contribution < 1.29 is 14.3 Å². The van der Waals surface area contributed by atoms with Crippen molar-refractivity contribution in [2.45, 2.75) is 12.8 Å². The van der Waals surface area contributed by atoms with Crippen LogP contribution in [-0.2, 0) is 14.3 Å². The summed E-state index contributed by atoms with van der Waals surface area (Å²) in [7, 11) is 0. The molecular weight excluding hydrogens is 334 g/mol. The van der Waals surface area contributed by atoms with Gasteiger partial charge in [-0.05, 0) is 41.7 Å². The van der Waals surface area contributed by atoms with Crippen LogP contribution in [0.4, 0.5) is 5.69 Å². The van der Waals surface area contributed by atoms with Gasteiger partial charge in [0.05, 0.1) is 17.2 Å². The Balaban J connectivity index is 1.61. The predicted octanol–water partition coefficient (Wildman–Crippen LogP) is 3.92. The minimum atomic E-state index is -0.432. The first-order valence-electron chi connectivity index (χ1n) is 8.29. The van der Waals surface area contributed by atoms with Crippen LogP contribution in [0.5, 0.6) is 0 Å². The number of hydrogen-bond acceptors (Lipinski definition) is 5. The lowest BCUT2D eigenvalue weighted by atomic mass is 10.1. The maximum Gasteiger partial charge on any atom is 0.341 e. The summed E-state index contributed by atoms with van der Waals surface area (Å²) < 4.78 is 5.37. The fraction of sp³-hybridized carbons (Fsp3) is 0.250. The molecule has 0 amide bonds. The van der Waals surface area contributed by atoms with Gasteiger partial charge in [-0.25, -0.2) is 9.59 Å². The van der Waals surface area contributed by atoms with Crippen LogP contribution < -0.4 is 5.32 Å². The molecule has 0 saturated heterocycles. The molecule has 1 fully saturated rings. The van der Waals surface area contributed by atoms with E-state index in [1.165, 1.54) is 11.8 Å². The topological polar surface area (TPSA) is 55.4 Å². The van der Waals surface area contributed by atoms with Crippen LogP contribution in [0.2, 0.25) is 0 Å². The minimum Gasteiger partial charge on any atom is -0.462 e. The molecule has 0 bridgehead atoms. The second kappa shape index (κ2) is 6.79.